The molecule has 3 N–H and O–H groups in total. The van der Waals surface area contributed by atoms with Crippen LogP contribution in [-0.2, 0) is 6.42 Å². The number of benzene rings is 2. The number of fused-ring (bicyclic) bond motifs is 3. The molecule has 0 saturated carbocycles. The van der Waals surface area contributed by atoms with Gasteiger partial charge in [-0.1, -0.05) is 42.5 Å². The zero-order valence-electron chi connectivity index (χ0n) is 10.3. The van der Waals surface area contributed by atoms with E-state index < -0.39 is 0 Å². The van der Waals surface area contributed by atoms with Crippen molar-refractivity contribution in [2.75, 3.05) is 6.61 Å². The molecule has 0 aliphatic heterocycles. The Morgan fingerprint density at radius 3 is 2.67 bits per heavy atom. The lowest BCUT2D eigenvalue weighted by atomic mass is 9.98. The second-order valence-electron chi connectivity index (χ2n) is 4.87. The van der Waals surface area contributed by atoms with Crippen molar-refractivity contribution in [1.29, 1.82) is 0 Å². The average Bonchev–Trinajstić information content (AvgIpc) is 2.76. The quantitative estimate of drug-likeness (QED) is 0.738. The highest BCUT2D eigenvalue weighted by molar-refractivity contribution is 5.76. The van der Waals surface area contributed by atoms with Crippen LogP contribution in [0.25, 0.3) is 11.1 Å². The molecule has 3 rings (SSSR count). The van der Waals surface area contributed by atoms with E-state index in [0.717, 1.165) is 12.0 Å². The van der Waals surface area contributed by atoms with Crippen molar-refractivity contribution in [3.63, 3.8) is 0 Å². The van der Waals surface area contributed by atoms with Crippen LogP contribution in [0.15, 0.2) is 42.5 Å². The smallest absolute Gasteiger partial charge is 0.0449 e. The van der Waals surface area contributed by atoms with E-state index in [-0.39, 0.29) is 12.6 Å². The molecule has 2 nitrogen and oxygen atoms in total. The standard InChI is InChI=1S/C16H17NO/c17-16(7-8-18)12-5-6-15-13(10-12)9-11-3-1-2-4-14(11)15/h1-6,10,16,18H,7-9,17H2/t16-/m0/s1. The average molecular weight is 239 g/mol. The molecule has 0 radical (unpaired) electrons. The Hall–Kier alpha value is -1.64. The van der Waals surface area contributed by atoms with Crippen molar-refractivity contribution >= 4 is 0 Å². The predicted octanol–water partition coefficient (Wildman–Crippen LogP) is 2.64. The fraction of sp³-hybridized carbons (Fsp3) is 0.250. The van der Waals surface area contributed by atoms with E-state index in [1.165, 1.54) is 22.3 Å². The first-order valence-electron chi connectivity index (χ1n) is 6.37. The number of hydrogen-bond donors (Lipinski definition) is 2. The van der Waals surface area contributed by atoms with Crippen LogP contribution in [0.5, 0.6) is 0 Å². The van der Waals surface area contributed by atoms with Gasteiger partial charge in [0.1, 0.15) is 0 Å². The summed E-state index contributed by atoms with van der Waals surface area (Å²) in [7, 11) is 0. The Balaban J connectivity index is 1.98. The van der Waals surface area contributed by atoms with Gasteiger partial charge in [-0.2, -0.15) is 0 Å². The molecule has 0 unspecified atom stereocenters. The highest BCUT2D eigenvalue weighted by atomic mass is 16.3. The largest absolute Gasteiger partial charge is 0.396 e. The van der Waals surface area contributed by atoms with Gasteiger partial charge in [0.25, 0.3) is 0 Å². The number of aliphatic hydroxyl groups is 1. The number of hydrogen-bond acceptors (Lipinski definition) is 2. The summed E-state index contributed by atoms with van der Waals surface area (Å²) in [6, 6.07) is 14.9. The molecule has 1 aliphatic rings. The topological polar surface area (TPSA) is 46.2 Å². The summed E-state index contributed by atoms with van der Waals surface area (Å²) in [6.45, 7) is 0.137. The van der Waals surface area contributed by atoms with Gasteiger partial charge in [-0.3, -0.25) is 0 Å². The third-order valence-electron chi connectivity index (χ3n) is 3.69. The molecule has 0 spiro atoms. The maximum Gasteiger partial charge on any atom is 0.0449 e. The molecule has 0 amide bonds. The van der Waals surface area contributed by atoms with E-state index in [0.29, 0.717) is 6.42 Å². The van der Waals surface area contributed by atoms with Crippen molar-refractivity contribution in [3.8, 4) is 11.1 Å². The Morgan fingerprint density at radius 2 is 1.83 bits per heavy atom. The summed E-state index contributed by atoms with van der Waals surface area (Å²) in [4.78, 5) is 0. The number of rotatable bonds is 3. The number of nitrogens with two attached hydrogens (primary N) is 1. The molecule has 18 heavy (non-hydrogen) atoms. The van der Waals surface area contributed by atoms with Gasteiger partial charge in [-0.05, 0) is 40.7 Å². The van der Waals surface area contributed by atoms with Crippen LogP contribution in [0.2, 0.25) is 0 Å². The van der Waals surface area contributed by atoms with Crippen LogP contribution in [0.1, 0.15) is 29.2 Å². The molecule has 2 aromatic carbocycles. The molecule has 0 fully saturated rings. The first-order chi connectivity index (χ1) is 8.79. The summed E-state index contributed by atoms with van der Waals surface area (Å²) in [5.41, 5.74) is 12.6. The fourth-order valence-electron chi connectivity index (χ4n) is 2.70. The minimum absolute atomic E-state index is 0.0657. The third kappa shape index (κ3) is 1.84. The van der Waals surface area contributed by atoms with Gasteiger partial charge in [-0.15, -0.1) is 0 Å². The Labute approximate surface area is 107 Å². The molecule has 2 heteroatoms. The van der Waals surface area contributed by atoms with Gasteiger partial charge in [0.05, 0.1) is 0 Å². The monoisotopic (exact) mass is 239 g/mol. The van der Waals surface area contributed by atoms with Gasteiger partial charge in [0.2, 0.25) is 0 Å². The minimum atomic E-state index is -0.0657. The first-order valence-corrected chi connectivity index (χ1v) is 6.37. The van der Waals surface area contributed by atoms with Crippen LogP contribution in [0, 0.1) is 0 Å². The lowest BCUT2D eigenvalue weighted by Gasteiger charge is -2.12. The van der Waals surface area contributed by atoms with Crippen LogP contribution < -0.4 is 5.73 Å². The lowest BCUT2D eigenvalue weighted by molar-refractivity contribution is 0.276. The van der Waals surface area contributed by atoms with Crippen molar-refractivity contribution < 1.29 is 5.11 Å². The SMILES string of the molecule is N[C@@H](CCO)c1ccc2c(c1)Cc1ccccc1-2. The summed E-state index contributed by atoms with van der Waals surface area (Å²) in [5, 5.41) is 8.95. The zero-order chi connectivity index (χ0) is 12.5. The van der Waals surface area contributed by atoms with Gasteiger partial charge < -0.3 is 10.8 Å². The molecule has 1 aliphatic carbocycles. The Kier molecular flexibility index (Phi) is 2.90. The maximum atomic E-state index is 8.95. The van der Waals surface area contributed by atoms with Gasteiger partial charge in [-0.25, -0.2) is 0 Å². The fourth-order valence-corrected chi connectivity index (χ4v) is 2.70. The van der Waals surface area contributed by atoms with Crippen LogP contribution in [0.3, 0.4) is 0 Å². The van der Waals surface area contributed by atoms with Crippen molar-refractivity contribution in [2.24, 2.45) is 5.73 Å². The molecule has 2 aromatic rings. The Morgan fingerprint density at radius 1 is 1.06 bits per heavy atom. The molecular weight excluding hydrogens is 222 g/mol. The van der Waals surface area contributed by atoms with E-state index in [4.69, 9.17) is 10.8 Å². The second-order valence-corrected chi connectivity index (χ2v) is 4.87. The van der Waals surface area contributed by atoms with E-state index in [1.54, 1.807) is 0 Å². The number of aliphatic hydroxyl groups excluding tert-OH is 1. The van der Waals surface area contributed by atoms with Crippen LogP contribution in [0.4, 0.5) is 0 Å². The third-order valence-corrected chi connectivity index (χ3v) is 3.69. The summed E-state index contributed by atoms with van der Waals surface area (Å²) < 4.78 is 0. The lowest BCUT2D eigenvalue weighted by Crippen LogP contribution is -2.12. The van der Waals surface area contributed by atoms with E-state index >= 15 is 0 Å². The molecule has 0 aromatic heterocycles. The van der Waals surface area contributed by atoms with E-state index in [9.17, 15) is 0 Å². The molecule has 1 atom stereocenters. The van der Waals surface area contributed by atoms with Crippen LogP contribution in [-0.4, -0.2) is 11.7 Å². The summed E-state index contributed by atoms with van der Waals surface area (Å²) >= 11 is 0. The molecule has 0 saturated heterocycles. The maximum absolute atomic E-state index is 8.95. The second kappa shape index (κ2) is 4.56. The first kappa shape index (κ1) is 11.5. The van der Waals surface area contributed by atoms with E-state index in [1.807, 2.05) is 0 Å². The zero-order valence-corrected chi connectivity index (χ0v) is 10.3. The van der Waals surface area contributed by atoms with Crippen molar-refractivity contribution in [3.05, 3.63) is 59.2 Å². The highest BCUT2D eigenvalue weighted by Gasteiger charge is 2.18. The molecule has 0 bridgehead atoms. The van der Waals surface area contributed by atoms with Gasteiger partial charge in [0.15, 0.2) is 0 Å². The van der Waals surface area contributed by atoms with E-state index in [2.05, 4.69) is 42.5 Å². The highest BCUT2D eigenvalue weighted by Crippen LogP contribution is 2.37. The molecule has 92 valence electrons. The predicted molar refractivity (Wildman–Crippen MR) is 73.3 cm³/mol. The minimum Gasteiger partial charge on any atom is -0.396 e. The van der Waals surface area contributed by atoms with Crippen molar-refractivity contribution in [1.82, 2.24) is 0 Å². The molecular formula is C16H17NO. The van der Waals surface area contributed by atoms with Gasteiger partial charge >= 0.3 is 0 Å². The normalized spacial score (nSPS) is 14.1. The van der Waals surface area contributed by atoms with Gasteiger partial charge in [0, 0.05) is 12.6 Å². The molecule has 0 heterocycles. The Bertz CT molecular complexity index is 577. The van der Waals surface area contributed by atoms with Crippen LogP contribution >= 0.6 is 0 Å². The summed E-state index contributed by atoms with van der Waals surface area (Å²) in [5.74, 6) is 0. The summed E-state index contributed by atoms with van der Waals surface area (Å²) in [6.07, 6.45) is 1.61. The van der Waals surface area contributed by atoms with Crippen molar-refractivity contribution in [2.45, 2.75) is 18.9 Å².